The second-order valence-electron chi connectivity index (χ2n) is 7.61. The molecule has 0 saturated carbocycles. The van der Waals surface area contributed by atoms with E-state index in [1.54, 1.807) is 6.20 Å². The highest BCUT2D eigenvalue weighted by Gasteiger charge is 2.34. The van der Waals surface area contributed by atoms with Crippen molar-refractivity contribution in [3.63, 3.8) is 0 Å². The van der Waals surface area contributed by atoms with Crippen LogP contribution in [-0.4, -0.2) is 45.1 Å². The summed E-state index contributed by atoms with van der Waals surface area (Å²) < 4.78 is 5.87. The number of ether oxygens (including phenoxy) is 1. The molecule has 1 saturated heterocycles. The molecule has 1 aromatic heterocycles. The van der Waals surface area contributed by atoms with E-state index >= 15 is 0 Å². The van der Waals surface area contributed by atoms with Crippen molar-refractivity contribution >= 4 is 22.8 Å². The minimum Gasteiger partial charge on any atom is -0.489 e. The summed E-state index contributed by atoms with van der Waals surface area (Å²) >= 11 is 0. The number of aromatic amines is 1. The Labute approximate surface area is 173 Å². The van der Waals surface area contributed by atoms with Gasteiger partial charge >= 0.3 is 11.9 Å². The minimum absolute atomic E-state index is 0.400. The van der Waals surface area contributed by atoms with Crippen molar-refractivity contribution < 1.29 is 24.5 Å². The van der Waals surface area contributed by atoms with Crippen molar-refractivity contribution in [2.24, 2.45) is 5.92 Å². The Bertz CT molecular complexity index is 1040. The zero-order valence-corrected chi connectivity index (χ0v) is 16.5. The van der Waals surface area contributed by atoms with E-state index in [-0.39, 0.29) is 0 Å². The van der Waals surface area contributed by atoms with Gasteiger partial charge < -0.3 is 19.9 Å². The SMILES string of the molecule is O=C(O)C1CCN(C(C(=O)O)c2c[nH]c3cc(OCc4ccccc4)ccc23)CC1. The van der Waals surface area contributed by atoms with Gasteiger partial charge in [-0.3, -0.25) is 14.5 Å². The zero-order chi connectivity index (χ0) is 21.1. The van der Waals surface area contributed by atoms with Gasteiger partial charge in [0.1, 0.15) is 18.4 Å². The second-order valence-corrected chi connectivity index (χ2v) is 7.61. The number of hydrogen-bond donors (Lipinski definition) is 3. The summed E-state index contributed by atoms with van der Waals surface area (Å²) in [5.74, 6) is -1.44. The van der Waals surface area contributed by atoms with Crippen LogP contribution in [0.3, 0.4) is 0 Å². The summed E-state index contributed by atoms with van der Waals surface area (Å²) in [4.78, 5) is 28.3. The molecule has 0 bridgehead atoms. The molecule has 7 nitrogen and oxygen atoms in total. The lowest BCUT2D eigenvalue weighted by Gasteiger charge is -2.34. The Morgan fingerprint density at radius 1 is 1.10 bits per heavy atom. The lowest BCUT2D eigenvalue weighted by molar-refractivity contribution is -0.146. The number of H-pyrrole nitrogens is 1. The highest BCUT2D eigenvalue weighted by atomic mass is 16.5. The van der Waals surface area contributed by atoms with Crippen LogP contribution in [0, 0.1) is 5.92 Å². The summed E-state index contributed by atoms with van der Waals surface area (Å²) in [6.07, 6.45) is 2.64. The van der Waals surface area contributed by atoms with E-state index in [1.165, 1.54) is 0 Å². The maximum Gasteiger partial charge on any atom is 0.325 e. The van der Waals surface area contributed by atoms with Crippen LogP contribution in [0.5, 0.6) is 5.75 Å². The molecule has 1 atom stereocenters. The van der Waals surface area contributed by atoms with Gasteiger partial charge in [0, 0.05) is 41.8 Å². The number of hydrogen-bond acceptors (Lipinski definition) is 4. The molecule has 2 aromatic carbocycles. The largest absolute Gasteiger partial charge is 0.489 e. The molecular formula is C23H24N2O5. The number of carbonyl (C=O) groups is 2. The van der Waals surface area contributed by atoms with Crippen molar-refractivity contribution in [3.05, 3.63) is 65.9 Å². The van der Waals surface area contributed by atoms with Crippen LogP contribution in [0.2, 0.25) is 0 Å². The molecule has 2 heterocycles. The molecule has 1 fully saturated rings. The van der Waals surface area contributed by atoms with Crippen molar-refractivity contribution in [1.82, 2.24) is 9.88 Å². The molecule has 3 N–H and O–H groups in total. The van der Waals surface area contributed by atoms with Crippen LogP contribution in [0.1, 0.15) is 30.0 Å². The summed E-state index contributed by atoms with van der Waals surface area (Å²) in [7, 11) is 0. The highest BCUT2D eigenvalue weighted by Crippen LogP contribution is 2.33. The normalized spacial score (nSPS) is 16.4. The fourth-order valence-electron chi connectivity index (χ4n) is 4.08. The Morgan fingerprint density at radius 3 is 2.50 bits per heavy atom. The van der Waals surface area contributed by atoms with Gasteiger partial charge in [-0.15, -0.1) is 0 Å². The molecule has 1 aliphatic heterocycles. The number of likely N-dealkylation sites (tertiary alicyclic amines) is 1. The van der Waals surface area contributed by atoms with Gasteiger partial charge in [0.2, 0.25) is 0 Å². The third kappa shape index (κ3) is 4.16. The van der Waals surface area contributed by atoms with Gasteiger partial charge in [0.15, 0.2) is 0 Å². The van der Waals surface area contributed by atoms with E-state index in [0.717, 1.165) is 16.5 Å². The predicted octanol–water partition coefficient (Wildman–Crippen LogP) is 3.67. The molecule has 0 aliphatic carbocycles. The zero-order valence-electron chi connectivity index (χ0n) is 16.5. The molecule has 0 amide bonds. The van der Waals surface area contributed by atoms with Gasteiger partial charge in [-0.05, 0) is 30.5 Å². The number of carboxylic acids is 2. The van der Waals surface area contributed by atoms with Gasteiger partial charge in [-0.2, -0.15) is 0 Å². The van der Waals surface area contributed by atoms with Crippen LogP contribution in [-0.2, 0) is 16.2 Å². The molecule has 4 rings (SSSR count). The Morgan fingerprint density at radius 2 is 1.83 bits per heavy atom. The molecule has 1 unspecified atom stereocenters. The lowest BCUT2D eigenvalue weighted by atomic mass is 9.94. The first-order valence-electron chi connectivity index (χ1n) is 10.0. The van der Waals surface area contributed by atoms with Gasteiger partial charge in [0.25, 0.3) is 0 Å². The van der Waals surface area contributed by atoms with Crippen molar-refractivity contribution in [1.29, 1.82) is 0 Å². The average molecular weight is 408 g/mol. The van der Waals surface area contributed by atoms with Crippen LogP contribution in [0.4, 0.5) is 0 Å². The maximum absolute atomic E-state index is 12.1. The first-order valence-corrected chi connectivity index (χ1v) is 10.0. The summed E-state index contributed by atoms with van der Waals surface area (Å²) in [6.45, 7) is 1.34. The summed E-state index contributed by atoms with van der Waals surface area (Å²) in [6, 6.07) is 14.7. The number of benzene rings is 2. The van der Waals surface area contributed by atoms with Gasteiger partial charge in [0.05, 0.1) is 5.92 Å². The number of aromatic nitrogens is 1. The van der Waals surface area contributed by atoms with Crippen molar-refractivity contribution in [2.45, 2.75) is 25.5 Å². The van der Waals surface area contributed by atoms with E-state index in [2.05, 4.69) is 4.98 Å². The Hall–Kier alpha value is -3.32. The summed E-state index contributed by atoms with van der Waals surface area (Å²) in [5.41, 5.74) is 2.56. The van der Waals surface area contributed by atoms with E-state index in [1.807, 2.05) is 53.4 Å². The van der Waals surface area contributed by atoms with Crippen molar-refractivity contribution in [2.75, 3.05) is 13.1 Å². The van der Waals surface area contributed by atoms with Crippen LogP contribution in [0.25, 0.3) is 10.9 Å². The number of piperidine rings is 1. The second kappa shape index (κ2) is 8.59. The molecule has 156 valence electrons. The number of aliphatic carboxylic acids is 2. The van der Waals surface area contributed by atoms with E-state index in [0.29, 0.717) is 43.9 Å². The first-order chi connectivity index (χ1) is 14.5. The van der Waals surface area contributed by atoms with Gasteiger partial charge in [-0.1, -0.05) is 30.3 Å². The number of rotatable bonds is 7. The van der Waals surface area contributed by atoms with Crippen LogP contribution in [0.15, 0.2) is 54.7 Å². The third-order valence-electron chi connectivity index (χ3n) is 5.71. The lowest BCUT2D eigenvalue weighted by Crippen LogP contribution is -2.41. The molecule has 30 heavy (non-hydrogen) atoms. The standard InChI is InChI=1S/C23H24N2O5/c26-22(27)16-8-10-25(11-9-16)21(23(28)29)19-13-24-20-12-17(6-7-18(19)20)30-14-15-4-2-1-3-5-15/h1-7,12-13,16,21,24H,8-11,14H2,(H,26,27)(H,28,29). The third-order valence-corrected chi connectivity index (χ3v) is 5.71. The highest BCUT2D eigenvalue weighted by molar-refractivity contribution is 5.90. The molecular weight excluding hydrogens is 384 g/mol. The van der Waals surface area contributed by atoms with Gasteiger partial charge in [-0.25, -0.2) is 0 Å². The molecule has 7 heteroatoms. The number of nitrogens with zero attached hydrogens (tertiary/aromatic N) is 1. The predicted molar refractivity (Wildman–Crippen MR) is 111 cm³/mol. The van der Waals surface area contributed by atoms with Crippen LogP contribution < -0.4 is 4.74 Å². The number of fused-ring (bicyclic) bond motifs is 1. The topological polar surface area (TPSA) is 103 Å². The van der Waals surface area contributed by atoms with E-state index in [4.69, 9.17) is 4.74 Å². The fourth-order valence-corrected chi connectivity index (χ4v) is 4.08. The maximum atomic E-state index is 12.1. The Kier molecular flexibility index (Phi) is 5.72. The number of nitrogens with one attached hydrogen (secondary N) is 1. The smallest absolute Gasteiger partial charge is 0.325 e. The first kappa shape index (κ1) is 20.0. The monoisotopic (exact) mass is 408 g/mol. The van der Waals surface area contributed by atoms with Crippen LogP contribution >= 0.6 is 0 Å². The molecule has 3 aromatic rings. The Balaban J connectivity index is 1.52. The average Bonchev–Trinajstić information content (AvgIpc) is 3.16. The van der Waals surface area contributed by atoms with Crippen molar-refractivity contribution in [3.8, 4) is 5.75 Å². The van der Waals surface area contributed by atoms with E-state index < -0.39 is 23.9 Å². The molecule has 1 aliphatic rings. The minimum atomic E-state index is -0.936. The quantitative estimate of drug-likeness (QED) is 0.551. The molecule has 0 spiro atoms. The van der Waals surface area contributed by atoms with E-state index in [9.17, 15) is 19.8 Å². The number of carboxylic acid groups (broad SMARTS) is 2. The molecule has 0 radical (unpaired) electrons. The summed E-state index contributed by atoms with van der Waals surface area (Å²) in [5, 5.41) is 19.9. The fraction of sp³-hybridized carbons (Fsp3) is 0.304.